The maximum atomic E-state index is 12.5. The van der Waals surface area contributed by atoms with E-state index in [2.05, 4.69) is 27.8 Å². The molecule has 1 N–H and O–H groups in total. The van der Waals surface area contributed by atoms with Crippen LogP contribution < -0.4 is 10.1 Å². The van der Waals surface area contributed by atoms with Gasteiger partial charge in [-0.2, -0.15) is 15.5 Å². The molecule has 3 aliphatic rings. The van der Waals surface area contributed by atoms with Crippen LogP contribution in [0, 0.1) is 17.2 Å². The topological polar surface area (TPSA) is 100 Å². The molecule has 33 heavy (non-hydrogen) atoms. The van der Waals surface area contributed by atoms with Crippen molar-refractivity contribution in [3.63, 3.8) is 0 Å². The summed E-state index contributed by atoms with van der Waals surface area (Å²) in [6, 6.07) is 4.51. The molecule has 1 saturated carbocycles. The largest absolute Gasteiger partial charge is 0.488 e. The quantitative estimate of drug-likeness (QED) is 0.647. The molecule has 1 amide bonds. The number of hydrogen-bond acceptors (Lipinski definition) is 6. The lowest BCUT2D eigenvalue weighted by Crippen LogP contribution is -2.53. The lowest BCUT2D eigenvalue weighted by Gasteiger charge is -2.37. The molecule has 0 spiro atoms. The van der Waals surface area contributed by atoms with Gasteiger partial charge in [0.1, 0.15) is 22.9 Å². The predicted octanol–water partition coefficient (Wildman–Crippen LogP) is 2.38. The zero-order chi connectivity index (χ0) is 22.4. The summed E-state index contributed by atoms with van der Waals surface area (Å²) in [5.41, 5.74) is 3.19. The Morgan fingerprint density at radius 2 is 1.91 bits per heavy atom. The number of ether oxygens (including phenoxy) is 1. The van der Waals surface area contributed by atoms with Gasteiger partial charge in [-0.25, -0.2) is 4.52 Å². The summed E-state index contributed by atoms with van der Waals surface area (Å²) in [6.45, 7) is 3.18. The van der Waals surface area contributed by atoms with Crippen molar-refractivity contribution in [1.82, 2.24) is 29.6 Å². The minimum absolute atomic E-state index is 0.160. The van der Waals surface area contributed by atoms with Gasteiger partial charge in [0.2, 0.25) is 5.91 Å². The van der Waals surface area contributed by atoms with E-state index >= 15 is 0 Å². The average Bonchev–Trinajstić information content (AvgIpc) is 3.42. The number of aromatic nitrogens is 4. The summed E-state index contributed by atoms with van der Waals surface area (Å²) in [6.07, 6.45) is 12.8. The second-order valence-corrected chi connectivity index (χ2v) is 9.35. The Morgan fingerprint density at radius 3 is 2.58 bits per heavy atom. The molecule has 9 heteroatoms. The van der Waals surface area contributed by atoms with Gasteiger partial charge in [0.15, 0.2) is 0 Å². The van der Waals surface area contributed by atoms with Gasteiger partial charge in [0.25, 0.3) is 0 Å². The fourth-order valence-electron chi connectivity index (χ4n) is 4.84. The first-order valence-electron chi connectivity index (χ1n) is 11.8. The number of likely N-dealkylation sites (tertiary alicyclic amines) is 1. The Hall–Kier alpha value is -3.38. The number of carbonyl (C=O) groups excluding carboxylic acids is 1. The van der Waals surface area contributed by atoms with Crippen LogP contribution in [0.5, 0.6) is 5.75 Å². The van der Waals surface area contributed by atoms with E-state index < -0.39 is 0 Å². The molecule has 3 fully saturated rings. The number of nitriles is 1. The highest BCUT2D eigenvalue weighted by molar-refractivity contribution is 5.80. The van der Waals surface area contributed by atoms with Crippen LogP contribution in [0.2, 0.25) is 0 Å². The molecule has 0 aromatic carbocycles. The summed E-state index contributed by atoms with van der Waals surface area (Å²) >= 11 is 0. The number of amides is 1. The number of piperidine rings is 1. The van der Waals surface area contributed by atoms with Gasteiger partial charge in [-0.05, 0) is 38.2 Å². The third-order valence-electron chi connectivity index (χ3n) is 7.26. The van der Waals surface area contributed by atoms with Crippen molar-refractivity contribution in [1.29, 1.82) is 5.26 Å². The summed E-state index contributed by atoms with van der Waals surface area (Å²) < 4.78 is 10.0. The first kappa shape index (κ1) is 20.2. The number of rotatable bonds is 5. The minimum atomic E-state index is 0.160. The molecule has 3 aromatic heterocycles. The van der Waals surface area contributed by atoms with Crippen LogP contribution in [0.15, 0.2) is 30.9 Å². The Kier molecular flexibility index (Phi) is 5.03. The van der Waals surface area contributed by atoms with Crippen LogP contribution in [0.25, 0.3) is 16.6 Å². The molecule has 0 bridgehead atoms. The van der Waals surface area contributed by atoms with Gasteiger partial charge < -0.3 is 15.0 Å². The molecule has 5 heterocycles. The van der Waals surface area contributed by atoms with Gasteiger partial charge in [0, 0.05) is 49.7 Å². The molecule has 0 atom stereocenters. The molecule has 1 aliphatic carbocycles. The molecule has 2 aliphatic heterocycles. The molecule has 2 saturated heterocycles. The number of hydrogen-bond donors (Lipinski definition) is 1. The van der Waals surface area contributed by atoms with Crippen LogP contribution in [-0.4, -0.2) is 62.5 Å². The Morgan fingerprint density at radius 1 is 1.09 bits per heavy atom. The Labute approximate surface area is 191 Å². The fourth-order valence-corrected chi connectivity index (χ4v) is 4.84. The summed E-state index contributed by atoms with van der Waals surface area (Å²) in [4.78, 5) is 14.5. The van der Waals surface area contributed by atoms with E-state index in [4.69, 9.17) is 4.74 Å². The molecule has 3 aromatic rings. The summed E-state index contributed by atoms with van der Waals surface area (Å²) in [7, 11) is 0. The first-order valence-corrected chi connectivity index (χ1v) is 11.8. The second kappa shape index (κ2) is 8.19. The minimum Gasteiger partial charge on any atom is -0.488 e. The lowest BCUT2D eigenvalue weighted by atomic mass is 9.96. The van der Waals surface area contributed by atoms with Crippen LogP contribution >= 0.6 is 0 Å². The SMILES string of the molecule is N#Cc1cnn2cc(-c3cnn(C4CCN(C(=O)C5CNC5)CC4)c3)cc(OC3CCC3)c12. The van der Waals surface area contributed by atoms with E-state index in [1.54, 1.807) is 10.7 Å². The van der Waals surface area contributed by atoms with Crippen molar-refractivity contribution in [2.45, 2.75) is 44.2 Å². The number of nitrogens with one attached hydrogen (secondary N) is 1. The second-order valence-electron chi connectivity index (χ2n) is 9.35. The highest BCUT2D eigenvalue weighted by Crippen LogP contribution is 2.34. The molecule has 0 radical (unpaired) electrons. The van der Waals surface area contributed by atoms with Gasteiger partial charge in [-0.1, -0.05) is 0 Å². The first-order chi connectivity index (χ1) is 16.2. The van der Waals surface area contributed by atoms with E-state index in [1.807, 2.05) is 28.0 Å². The molecule has 9 nitrogen and oxygen atoms in total. The third kappa shape index (κ3) is 3.64. The fraction of sp³-hybridized carbons (Fsp3) is 0.500. The Balaban J connectivity index is 1.22. The summed E-state index contributed by atoms with van der Waals surface area (Å²) in [5.74, 6) is 1.15. The zero-order valence-electron chi connectivity index (χ0n) is 18.5. The monoisotopic (exact) mass is 445 g/mol. The van der Waals surface area contributed by atoms with E-state index in [9.17, 15) is 10.1 Å². The van der Waals surface area contributed by atoms with Crippen molar-refractivity contribution in [2.75, 3.05) is 26.2 Å². The van der Waals surface area contributed by atoms with Crippen LogP contribution in [0.3, 0.4) is 0 Å². The summed E-state index contributed by atoms with van der Waals surface area (Å²) in [5, 5.41) is 21.7. The third-order valence-corrected chi connectivity index (χ3v) is 7.26. The maximum Gasteiger partial charge on any atom is 0.228 e. The van der Waals surface area contributed by atoms with Gasteiger partial charge >= 0.3 is 0 Å². The molecular weight excluding hydrogens is 418 g/mol. The number of carbonyl (C=O) groups is 1. The number of nitrogens with zero attached hydrogens (tertiary/aromatic N) is 6. The van der Waals surface area contributed by atoms with Crippen LogP contribution in [-0.2, 0) is 4.79 Å². The van der Waals surface area contributed by atoms with Crippen LogP contribution in [0.1, 0.15) is 43.7 Å². The number of pyridine rings is 1. The van der Waals surface area contributed by atoms with E-state index in [0.29, 0.717) is 11.3 Å². The van der Waals surface area contributed by atoms with Gasteiger partial charge in [-0.15, -0.1) is 0 Å². The van der Waals surface area contributed by atoms with Crippen molar-refractivity contribution in [3.05, 3.63) is 36.4 Å². The van der Waals surface area contributed by atoms with Gasteiger partial charge in [0.05, 0.1) is 30.5 Å². The molecular formula is C24H27N7O2. The van der Waals surface area contributed by atoms with Crippen LogP contribution in [0.4, 0.5) is 0 Å². The predicted molar refractivity (Wildman–Crippen MR) is 121 cm³/mol. The van der Waals surface area contributed by atoms with E-state index in [-0.39, 0.29) is 24.0 Å². The van der Waals surface area contributed by atoms with Crippen molar-refractivity contribution in [2.24, 2.45) is 5.92 Å². The van der Waals surface area contributed by atoms with Crippen molar-refractivity contribution in [3.8, 4) is 22.9 Å². The standard InChI is InChI=1S/C24H27N7O2/c25-9-17-12-28-31-14-16(8-22(23(17)31)33-21-2-1-3-21)19-13-27-30(15-19)20-4-6-29(7-5-20)24(32)18-10-26-11-18/h8,12-15,18,20-21,26H,1-7,10-11H2. The average molecular weight is 446 g/mol. The molecule has 0 unspecified atom stereocenters. The molecule has 6 rings (SSSR count). The Bertz CT molecular complexity index is 1220. The van der Waals surface area contributed by atoms with Gasteiger partial charge in [-0.3, -0.25) is 9.48 Å². The van der Waals surface area contributed by atoms with E-state index in [1.165, 1.54) is 6.42 Å². The zero-order valence-corrected chi connectivity index (χ0v) is 18.5. The highest BCUT2D eigenvalue weighted by Gasteiger charge is 2.32. The lowest BCUT2D eigenvalue weighted by molar-refractivity contribution is -0.138. The highest BCUT2D eigenvalue weighted by atomic mass is 16.5. The molecule has 170 valence electrons. The smallest absolute Gasteiger partial charge is 0.228 e. The normalized spacial score (nSPS) is 19.8. The van der Waals surface area contributed by atoms with E-state index in [0.717, 1.165) is 68.5 Å². The maximum absolute atomic E-state index is 12.5. The van der Waals surface area contributed by atoms with Crippen molar-refractivity contribution >= 4 is 11.4 Å². The van der Waals surface area contributed by atoms with Crippen molar-refractivity contribution < 1.29 is 9.53 Å². The number of fused-ring (bicyclic) bond motifs is 1.